The Balaban J connectivity index is 2.19. The zero-order chi connectivity index (χ0) is 14.2. The molecule has 1 aromatic rings. The molecule has 0 spiro atoms. The Labute approximate surface area is 110 Å². The minimum atomic E-state index is -0.940. The van der Waals surface area contributed by atoms with Gasteiger partial charge in [-0.15, -0.1) is 0 Å². The van der Waals surface area contributed by atoms with Gasteiger partial charge in [0.15, 0.2) is 0 Å². The van der Waals surface area contributed by atoms with E-state index in [2.05, 4.69) is 5.10 Å². The molecule has 0 bridgehead atoms. The summed E-state index contributed by atoms with van der Waals surface area (Å²) in [5, 5.41) is 13.2. The van der Waals surface area contributed by atoms with E-state index in [4.69, 9.17) is 9.84 Å². The monoisotopic (exact) mass is 267 g/mol. The fourth-order valence-electron chi connectivity index (χ4n) is 2.31. The Morgan fingerprint density at radius 1 is 1.53 bits per heavy atom. The molecule has 1 saturated heterocycles. The van der Waals surface area contributed by atoms with E-state index in [1.165, 1.54) is 4.90 Å². The average Bonchev–Trinajstić information content (AvgIpc) is 2.93. The Morgan fingerprint density at radius 2 is 2.21 bits per heavy atom. The smallest absolute Gasteiger partial charge is 0.311 e. The van der Waals surface area contributed by atoms with Crippen molar-refractivity contribution in [1.29, 1.82) is 0 Å². The molecule has 2 atom stereocenters. The van der Waals surface area contributed by atoms with Gasteiger partial charge in [-0.1, -0.05) is 0 Å². The molecular formula is C12H17N3O4. The van der Waals surface area contributed by atoms with E-state index in [0.29, 0.717) is 11.3 Å². The molecular weight excluding hydrogens is 250 g/mol. The number of carbonyl (C=O) groups excluding carboxylic acids is 1. The number of rotatable bonds is 3. The van der Waals surface area contributed by atoms with Crippen molar-refractivity contribution in [3.8, 4) is 0 Å². The average molecular weight is 267 g/mol. The summed E-state index contributed by atoms with van der Waals surface area (Å²) in [4.78, 5) is 24.9. The number of carboxylic acids is 1. The van der Waals surface area contributed by atoms with Crippen molar-refractivity contribution in [2.75, 3.05) is 20.3 Å². The summed E-state index contributed by atoms with van der Waals surface area (Å²) in [6, 6.07) is -0.440. The molecule has 2 rings (SSSR count). The third-order valence-electron chi connectivity index (χ3n) is 3.43. The van der Waals surface area contributed by atoms with Crippen molar-refractivity contribution in [1.82, 2.24) is 14.7 Å². The van der Waals surface area contributed by atoms with Crippen molar-refractivity contribution in [2.24, 2.45) is 13.0 Å². The van der Waals surface area contributed by atoms with Crippen LogP contribution in [-0.2, 0) is 16.6 Å². The highest BCUT2D eigenvalue weighted by molar-refractivity contribution is 5.95. The maximum atomic E-state index is 12.4. The van der Waals surface area contributed by atoms with Gasteiger partial charge in [0, 0.05) is 20.3 Å². The second-order valence-electron chi connectivity index (χ2n) is 4.77. The molecule has 0 saturated carbocycles. The zero-order valence-corrected chi connectivity index (χ0v) is 11.2. The molecule has 0 radical (unpaired) electrons. The van der Waals surface area contributed by atoms with Gasteiger partial charge in [0.25, 0.3) is 5.91 Å². The van der Waals surface area contributed by atoms with Crippen molar-refractivity contribution < 1.29 is 19.4 Å². The zero-order valence-electron chi connectivity index (χ0n) is 11.2. The van der Waals surface area contributed by atoms with Crippen LogP contribution >= 0.6 is 0 Å². The fourth-order valence-corrected chi connectivity index (χ4v) is 2.31. The summed E-state index contributed by atoms with van der Waals surface area (Å²) in [6.07, 6.45) is 1.64. The van der Waals surface area contributed by atoms with Crippen LogP contribution in [0.5, 0.6) is 0 Å². The molecule has 0 aromatic carbocycles. The van der Waals surface area contributed by atoms with E-state index >= 15 is 0 Å². The largest absolute Gasteiger partial charge is 0.481 e. The van der Waals surface area contributed by atoms with Crippen LogP contribution in [0.2, 0.25) is 0 Å². The van der Waals surface area contributed by atoms with Crippen molar-refractivity contribution in [2.45, 2.75) is 13.0 Å². The third-order valence-corrected chi connectivity index (χ3v) is 3.43. The quantitative estimate of drug-likeness (QED) is 0.826. The number of hydrogen-bond donors (Lipinski definition) is 1. The molecule has 1 fully saturated rings. The second-order valence-corrected chi connectivity index (χ2v) is 4.77. The minimum Gasteiger partial charge on any atom is -0.481 e. The number of carbonyl (C=O) groups is 2. The van der Waals surface area contributed by atoms with Crippen LogP contribution < -0.4 is 0 Å². The van der Waals surface area contributed by atoms with Crippen LogP contribution in [0.3, 0.4) is 0 Å². The predicted molar refractivity (Wildman–Crippen MR) is 65.8 cm³/mol. The van der Waals surface area contributed by atoms with Crippen molar-refractivity contribution in [3.63, 3.8) is 0 Å². The summed E-state index contributed by atoms with van der Waals surface area (Å²) in [6.45, 7) is 2.14. The molecule has 1 aliphatic rings. The molecule has 0 aliphatic carbocycles. The highest BCUT2D eigenvalue weighted by atomic mass is 16.5. The Hall–Kier alpha value is -1.89. The number of likely N-dealkylation sites (N-methyl/N-ethyl adjacent to an activating group) is 1. The first-order valence-corrected chi connectivity index (χ1v) is 5.99. The molecule has 1 amide bonds. The summed E-state index contributed by atoms with van der Waals surface area (Å²) >= 11 is 0. The standard InChI is InChI=1S/C12H17N3O4/c1-7-8(4-14(2)13-7)11(16)15(3)10-6-19-5-9(10)12(17)18/h4,9-10H,5-6H2,1-3H3,(H,17,18). The van der Waals surface area contributed by atoms with Gasteiger partial charge in [-0.25, -0.2) is 0 Å². The van der Waals surface area contributed by atoms with Gasteiger partial charge in [-0.05, 0) is 6.92 Å². The number of aryl methyl sites for hydroxylation is 2. The number of nitrogens with zero attached hydrogens (tertiary/aromatic N) is 3. The highest BCUT2D eigenvalue weighted by Gasteiger charge is 2.39. The summed E-state index contributed by atoms with van der Waals surface area (Å²) in [7, 11) is 3.34. The number of hydrogen-bond acceptors (Lipinski definition) is 4. The van der Waals surface area contributed by atoms with Gasteiger partial charge in [0.2, 0.25) is 0 Å². The SMILES string of the molecule is Cc1nn(C)cc1C(=O)N(C)C1COCC1C(=O)O. The van der Waals surface area contributed by atoms with E-state index in [9.17, 15) is 9.59 Å². The normalized spacial score (nSPS) is 22.5. The van der Waals surface area contributed by atoms with Gasteiger partial charge < -0.3 is 14.7 Å². The molecule has 19 heavy (non-hydrogen) atoms. The van der Waals surface area contributed by atoms with E-state index in [-0.39, 0.29) is 19.1 Å². The van der Waals surface area contributed by atoms with E-state index in [1.807, 2.05) is 0 Å². The van der Waals surface area contributed by atoms with Gasteiger partial charge in [0.05, 0.1) is 30.5 Å². The molecule has 1 aromatic heterocycles. The lowest BCUT2D eigenvalue weighted by atomic mass is 10.0. The van der Waals surface area contributed by atoms with Crippen molar-refractivity contribution >= 4 is 11.9 Å². The first kappa shape index (κ1) is 13.5. The maximum Gasteiger partial charge on any atom is 0.311 e. The summed E-state index contributed by atoms with van der Waals surface area (Å²) in [5.41, 5.74) is 1.12. The maximum absolute atomic E-state index is 12.4. The molecule has 104 valence electrons. The number of aliphatic carboxylic acids is 1. The first-order chi connectivity index (χ1) is 8.91. The highest BCUT2D eigenvalue weighted by Crippen LogP contribution is 2.21. The molecule has 7 nitrogen and oxygen atoms in total. The number of carboxylic acid groups (broad SMARTS) is 1. The van der Waals surface area contributed by atoms with Gasteiger partial charge in [-0.3, -0.25) is 14.3 Å². The predicted octanol–water partition coefficient (Wildman–Crippen LogP) is -0.0999. The van der Waals surface area contributed by atoms with Crippen LogP contribution in [0.1, 0.15) is 16.1 Å². The van der Waals surface area contributed by atoms with Crippen LogP contribution in [0.25, 0.3) is 0 Å². The second kappa shape index (κ2) is 5.00. The third kappa shape index (κ3) is 2.46. The first-order valence-electron chi connectivity index (χ1n) is 5.99. The molecule has 2 unspecified atom stereocenters. The fraction of sp³-hybridized carbons (Fsp3) is 0.583. The number of amides is 1. The van der Waals surface area contributed by atoms with Crippen LogP contribution in [0.4, 0.5) is 0 Å². The number of aromatic nitrogens is 2. The summed E-state index contributed by atoms with van der Waals surface area (Å²) in [5.74, 6) is -1.84. The lowest BCUT2D eigenvalue weighted by Gasteiger charge is -2.26. The summed E-state index contributed by atoms with van der Waals surface area (Å²) < 4.78 is 6.74. The van der Waals surface area contributed by atoms with E-state index in [0.717, 1.165) is 0 Å². The Morgan fingerprint density at radius 3 is 2.74 bits per heavy atom. The minimum absolute atomic E-state index is 0.143. The van der Waals surface area contributed by atoms with Crippen LogP contribution in [-0.4, -0.2) is 58.0 Å². The van der Waals surface area contributed by atoms with Crippen LogP contribution in [0, 0.1) is 12.8 Å². The lowest BCUT2D eigenvalue weighted by Crippen LogP contribution is -2.44. The van der Waals surface area contributed by atoms with E-state index < -0.39 is 17.9 Å². The Bertz CT molecular complexity index is 511. The lowest BCUT2D eigenvalue weighted by molar-refractivity contribution is -0.142. The van der Waals surface area contributed by atoms with Gasteiger partial charge in [-0.2, -0.15) is 5.10 Å². The topological polar surface area (TPSA) is 84.7 Å². The molecule has 1 N–H and O–H groups in total. The van der Waals surface area contributed by atoms with Gasteiger partial charge >= 0.3 is 5.97 Å². The molecule has 1 aliphatic heterocycles. The van der Waals surface area contributed by atoms with Crippen LogP contribution in [0.15, 0.2) is 6.20 Å². The molecule has 7 heteroatoms. The van der Waals surface area contributed by atoms with Gasteiger partial charge in [0.1, 0.15) is 5.92 Å². The number of ether oxygens (including phenoxy) is 1. The molecule has 2 heterocycles. The van der Waals surface area contributed by atoms with Crippen molar-refractivity contribution in [3.05, 3.63) is 17.5 Å². The Kier molecular flexibility index (Phi) is 3.57. The van der Waals surface area contributed by atoms with E-state index in [1.54, 1.807) is 31.9 Å².